The summed E-state index contributed by atoms with van der Waals surface area (Å²) in [7, 11) is 0. The van der Waals surface area contributed by atoms with E-state index in [1.807, 2.05) is 13.8 Å². The van der Waals surface area contributed by atoms with Crippen molar-refractivity contribution in [1.82, 2.24) is 10.2 Å². The van der Waals surface area contributed by atoms with E-state index in [0.717, 1.165) is 29.2 Å². The Hall–Kier alpha value is -1.65. The van der Waals surface area contributed by atoms with Crippen LogP contribution in [0.4, 0.5) is 5.82 Å². The van der Waals surface area contributed by atoms with Gasteiger partial charge in [-0.3, -0.25) is 5.41 Å². The average molecular weight is 289 g/mol. The lowest BCUT2D eigenvalue weighted by atomic mass is 10.0. The number of aryl methyl sites for hydroxylation is 1. The molecule has 2 rings (SSSR count). The molecule has 1 aromatic rings. The Bertz CT molecular complexity index is 518. The molecule has 0 amide bonds. The van der Waals surface area contributed by atoms with Crippen LogP contribution in [0, 0.1) is 25.2 Å². The smallest absolute Gasteiger partial charge is 0.162 e. The molecule has 1 aliphatic carbocycles. The van der Waals surface area contributed by atoms with Crippen LogP contribution in [0.3, 0.4) is 0 Å². The summed E-state index contributed by atoms with van der Waals surface area (Å²) in [6.07, 6.45) is 4.93. The van der Waals surface area contributed by atoms with Crippen LogP contribution in [0.15, 0.2) is 0 Å². The van der Waals surface area contributed by atoms with Crippen molar-refractivity contribution in [3.05, 3.63) is 16.8 Å². The van der Waals surface area contributed by atoms with Crippen molar-refractivity contribution in [2.24, 2.45) is 11.7 Å². The van der Waals surface area contributed by atoms with E-state index in [0.29, 0.717) is 12.0 Å². The van der Waals surface area contributed by atoms with E-state index in [1.165, 1.54) is 25.7 Å². The number of anilines is 1. The molecular weight excluding hydrogens is 262 g/mol. The molecule has 0 atom stereocenters. The molecule has 0 spiro atoms. The summed E-state index contributed by atoms with van der Waals surface area (Å²) in [5.41, 5.74) is 8.42. The predicted molar refractivity (Wildman–Crippen MR) is 87.0 cm³/mol. The van der Waals surface area contributed by atoms with Gasteiger partial charge in [-0.05, 0) is 38.2 Å². The zero-order chi connectivity index (χ0) is 15.6. The number of aromatic nitrogens is 2. The number of nitrogens with zero attached hydrogens (tertiary/aromatic N) is 3. The Morgan fingerprint density at radius 3 is 2.43 bits per heavy atom. The molecule has 1 fully saturated rings. The summed E-state index contributed by atoms with van der Waals surface area (Å²) < 4.78 is 0. The van der Waals surface area contributed by atoms with Gasteiger partial charge in [0.1, 0.15) is 5.84 Å². The number of nitrogens with two attached hydrogens (primary N) is 1. The van der Waals surface area contributed by atoms with Gasteiger partial charge in [0.15, 0.2) is 5.82 Å². The highest BCUT2D eigenvalue weighted by Crippen LogP contribution is 2.31. The van der Waals surface area contributed by atoms with Crippen molar-refractivity contribution in [2.75, 3.05) is 11.4 Å². The van der Waals surface area contributed by atoms with Crippen LogP contribution in [0.25, 0.3) is 0 Å². The minimum atomic E-state index is 0.0900. The lowest BCUT2D eigenvalue weighted by molar-refractivity contribution is 0.528. The molecule has 1 saturated carbocycles. The summed E-state index contributed by atoms with van der Waals surface area (Å²) >= 11 is 0. The van der Waals surface area contributed by atoms with Gasteiger partial charge in [0.25, 0.3) is 0 Å². The van der Waals surface area contributed by atoms with Gasteiger partial charge in [-0.2, -0.15) is 5.10 Å². The summed E-state index contributed by atoms with van der Waals surface area (Å²) in [5.74, 6) is 1.42. The third-order valence-electron chi connectivity index (χ3n) is 4.30. The van der Waals surface area contributed by atoms with Gasteiger partial charge < -0.3 is 10.6 Å². The summed E-state index contributed by atoms with van der Waals surface area (Å²) in [4.78, 5) is 2.34. The van der Waals surface area contributed by atoms with E-state index >= 15 is 0 Å². The molecule has 116 valence electrons. The second-order valence-corrected chi connectivity index (χ2v) is 6.51. The molecule has 1 heterocycles. The fourth-order valence-corrected chi connectivity index (χ4v) is 3.14. The van der Waals surface area contributed by atoms with Crippen LogP contribution in [0.5, 0.6) is 0 Å². The molecule has 0 aliphatic heterocycles. The first-order valence-corrected chi connectivity index (χ1v) is 7.86. The topological polar surface area (TPSA) is 78.9 Å². The molecule has 1 aromatic heterocycles. The van der Waals surface area contributed by atoms with Gasteiger partial charge in [0.05, 0.1) is 11.3 Å². The van der Waals surface area contributed by atoms with Gasteiger partial charge >= 0.3 is 0 Å². The fourth-order valence-electron chi connectivity index (χ4n) is 3.14. The van der Waals surface area contributed by atoms with E-state index in [1.54, 1.807) is 0 Å². The van der Waals surface area contributed by atoms with Gasteiger partial charge in [-0.15, -0.1) is 5.10 Å². The Kier molecular flexibility index (Phi) is 4.80. The largest absolute Gasteiger partial charge is 0.384 e. The zero-order valence-electron chi connectivity index (χ0n) is 13.6. The third kappa shape index (κ3) is 3.34. The molecular formula is C16H27N5. The van der Waals surface area contributed by atoms with Crippen molar-refractivity contribution < 1.29 is 0 Å². The van der Waals surface area contributed by atoms with E-state index in [-0.39, 0.29) is 5.84 Å². The van der Waals surface area contributed by atoms with Crippen LogP contribution in [-0.2, 0) is 0 Å². The standard InChI is InChI=1S/C16H27N5/c1-10(2)9-21(13-7-5-6-8-13)16-14(15(17)18)11(3)12(4)19-20-16/h10,13H,5-9H2,1-4H3,(H3,17,18). The minimum absolute atomic E-state index is 0.0900. The van der Waals surface area contributed by atoms with Crippen molar-refractivity contribution >= 4 is 11.7 Å². The van der Waals surface area contributed by atoms with Gasteiger partial charge in [0, 0.05) is 12.6 Å². The van der Waals surface area contributed by atoms with Crippen LogP contribution >= 0.6 is 0 Å². The van der Waals surface area contributed by atoms with Gasteiger partial charge in [-0.1, -0.05) is 26.7 Å². The molecule has 1 aliphatic rings. The molecule has 0 bridgehead atoms. The van der Waals surface area contributed by atoms with Crippen LogP contribution < -0.4 is 10.6 Å². The Morgan fingerprint density at radius 1 is 1.29 bits per heavy atom. The Balaban J connectivity index is 2.48. The molecule has 21 heavy (non-hydrogen) atoms. The van der Waals surface area contributed by atoms with Gasteiger partial charge in [-0.25, -0.2) is 0 Å². The van der Waals surface area contributed by atoms with Crippen molar-refractivity contribution in [3.63, 3.8) is 0 Å². The first-order chi connectivity index (χ1) is 9.91. The number of rotatable bonds is 5. The maximum absolute atomic E-state index is 7.94. The SMILES string of the molecule is Cc1nnc(N(CC(C)C)C2CCCC2)c(C(=N)N)c1C. The lowest BCUT2D eigenvalue weighted by Gasteiger charge is -2.33. The molecule has 0 saturated heterocycles. The predicted octanol–water partition coefficient (Wildman–Crippen LogP) is 2.78. The van der Waals surface area contributed by atoms with Crippen LogP contribution in [-0.4, -0.2) is 28.6 Å². The molecule has 5 nitrogen and oxygen atoms in total. The normalized spacial score (nSPS) is 15.7. The Labute approximate surface area is 127 Å². The fraction of sp³-hybridized carbons (Fsp3) is 0.688. The molecule has 0 unspecified atom stereocenters. The molecule has 0 aromatic carbocycles. The van der Waals surface area contributed by atoms with Crippen LogP contribution in [0.2, 0.25) is 0 Å². The number of nitrogens with one attached hydrogen (secondary N) is 1. The highest BCUT2D eigenvalue weighted by Gasteiger charge is 2.28. The van der Waals surface area contributed by atoms with E-state index in [4.69, 9.17) is 11.1 Å². The first kappa shape index (κ1) is 15.7. The molecule has 0 radical (unpaired) electrons. The highest BCUT2D eigenvalue weighted by molar-refractivity contribution is 6.01. The summed E-state index contributed by atoms with van der Waals surface area (Å²) in [6, 6.07) is 0.502. The van der Waals surface area contributed by atoms with E-state index in [2.05, 4.69) is 28.9 Å². The number of amidine groups is 1. The van der Waals surface area contributed by atoms with E-state index < -0.39 is 0 Å². The monoisotopic (exact) mass is 289 g/mol. The highest BCUT2D eigenvalue weighted by atomic mass is 15.3. The number of hydrogen-bond acceptors (Lipinski definition) is 4. The van der Waals surface area contributed by atoms with Crippen LogP contribution in [0.1, 0.15) is 56.4 Å². The third-order valence-corrected chi connectivity index (χ3v) is 4.30. The lowest BCUT2D eigenvalue weighted by Crippen LogP contribution is -2.39. The van der Waals surface area contributed by atoms with Crippen molar-refractivity contribution in [1.29, 1.82) is 5.41 Å². The zero-order valence-corrected chi connectivity index (χ0v) is 13.6. The second-order valence-electron chi connectivity index (χ2n) is 6.51. The van der Waals surface area contributed by atoms with Crippen molar-refractivity contribution in [2.45, 2.75) is 59.4 Å². The maximum atomic E-state index is 7.94. The van der Waals surface area contributed by atoms with Crippen molar-refractivity contribution in [3.8, 4) is 0 Å². The minimum Gasteiger partial charge on any atom is -0.384 e. The second kappa shape index (κ2) is 6.41. The number of hydrogen-bond donors (Lipinski definition) is 2. The maximum Gasteiger partial charge on any atom is 0.162 e. The average Bonchev–Trinajstić information content (AvgIpc) is 2.92. The molecule has 5 heteroatoms. The quantitative estimate of drug-likeness (QED) is 0.645. The molecule has 3 N–H and O–H groups in total. The van der Waals surface area contributed by atoms with E-state index in [9.17, 15) is 0 Å². The number of nitrogen functional groups attached to an aromatic ring is 1. The Morgan fingerprint density at radius 2 is 1.90 bits per heavy atom. The summed E-state index contributed by atoms with van der Waals surface area (Å²) in [6.45, 7) is 9.25. The van der Waals surface area contributed by atoms with Gasteiger partial charge in [0.2, 0.25) is 0 Å². The summed E-state index contributed by atoms with van der Waals surface area (Å²) in [5, 5.41) is 16.6. The first-order valence-electron chi connectivity index (χ1n) is 7.86.